The smallest absolute Gasteiger partial charge is 0.220 e. The number of carbonyl (C=O) groups is 4. The average Bonchev–Trinajstić information content (AvgIpc) is 3.89. The summed E-state index contributed by atoms with van der Waals surface area (Å²) in [5.74, 6) is 3.39. The van der Waals surface area contributed by atoms with E-state index in [-0.39, 0.29) is 35.7 Å². The lowest BCUT2D eigenvalue weighted by Crippen LogP contribution is -2.38. The summed E-state index contributed by atoms with van der Waals surface area (Å²) in [6.45, 7) is 2.93. The molecule has 53 heavy (non-hydrogen) atoms. The molecule has 4 rings (SSSR count). The predicted molar refractivity (Wildman–Crippen MR) is 214 cm³/mol. The Labute approximate surface area is 323 Å². The number of ether oxygens (including phenoxy) is 1. The van der Waals surface area contributed by atoms with Crippen LogP contribution in [0.4, 0.5) is 0 Å². The van der Waals surface area contributed by atoms with E-state index >= 15 is 0 Å². The maximum absolute atomic E-state index is 12.1. The first-order valence-electron chi connectivity index (χ1n) is 19.9. The van der Waals surface area contributed by atoms with Crippen molar-refractivity contribution in [2.24, 2.45) is 21.5 Å². The predicted octanol–water partition coefficient (Wildman–Crippen LogP) is 1.25. The molecule has 4 aliphatic heterocycles. The third kappa shape index (κ3) is 16.5. The van der Waals surface area contributed by atoms with Gasteiger partial charge in [0.05, 0.1) is 37.4 Å². The number of carbonyl (C=O) groups excluding carboxylic acids is 4. The number of aliphatic imine (C=N–C) groups is 2. The van der Waals surface area contributed by atoms with Crippen molar-refractivity contribution >= 4 is 59.1 Å². The molecule has 2 saturated heterocycles. The van der Waals surface area contributed by atoms with Crippen LogP contribution in [0.1, 0.15) is 103 Å². The van der Waals surface area contributed by atoms with Gasteiger partial charge in [0, 0.05) is 73.9 Å². The van der Waals surface area contributed by atoms with Gasteiger partial charge in [0.15, 0.2) is 11.9 Å². The molecule has 15 nitrogen and oxygen atoms in total. The fourth-order valence-corrected chi connectivity index (χ4v) is 10.2. The maximum Gasteiger partial charge on any atom is 0.220 e. The van der Waals surface area contributed by atoms with E-state index in [0.717, 1.165) is 88.6 Å². The molecule has 4 heterocycles. The minimum Gasteiger partial charge on any atom is -0.378 e. The van der Waals surface area contributed by atoms with Crippen LogP contribution in [0.25, 0.3) is 0 Å². The highest BCUT2D eigenvalue weighted by Crippen LogP contribution is 2.36. The lowest BCUT2D eigenvalue weighted by atomic mass is 10.0. The molecular formula is C36H64N10O5S2. The van der Waals surface area contributed by atoms with Crippen LogP contribution in [0, 0.1) is 0 Å². The van der Waals surface area contributed by atoms with Crippen molar-refractivity contribution in [3.63, 3.8) is 0 Å². The lowest BCUT2D eigenvalue weighted by Gasteiger charge is -2.14. The minimum atomic E-state index is -0.00443. The van der Waals surface area contributed by atoms with Crippen LogP contribution < -0.4 is 43.4 Å². The molecule has 6 atom stereocenters. The van der Waals surface area contributed by atoms with Crippen molar-refractivity contribution in [1.82, 2.24) is 31.9 Å². The van der Waals surface area contributed by atoms with Crippen LogP contribution in [0.15, 0.2) is 9.98 Å². The molecule has 0 aromatic carbocycles. The second-order valence-electron chi connectivity index (χ2n) is 14.4. The first-order valence-corrected chi connectivity index (χ1v) is 22.0. The van der Waals surface area contributed by atoms with Gasteiger partial charge in [0.1, 0.15) is 0 Å². The Kier molecular flexibility index (Phi) is 19.8. The van der Waals surface area contributed by atoms with Gasteiger partial charge >= 0.3 is 0 Å². The zero-order valence-corrected chi connectivity index (χ0v) is 33.0. The molecule has 0 aromatic rings. The minimum absolute atomic E-state index is 0.00443. The Balaban J connectivity index is 0.827. The molecule has 4 amide bonds. The third-order valence-electron chi connectivity index (χ3n) is 10.0. The van der Waals surface area contributed by atoms with Crippen molar-refractivity contribution in [2.75, 3.05) is 50.9 Å². The van der Waals surface area contributed by atoms with Crippen LogP contribution >= 0.6 is 23.5 Å². The maximum atomic E-state index is 12.1. The number of unbranched alkanes of at least 4 members (excludes halogenated alkanes) is 6. The Morgan fingerprint density at radius 1 is 0.566 bits per heavy atom. The molecule has 0 bridgehead atoms. The summed E-state index contributed by atoms with van der Waals surface area (Å²) in [5.41, 5.74) is 11.6. The molecule has 2 fully saturated rings. The van der Waals surface area contributed by atoms with E-state index in [2.05, 4.69) is 41.9 Å². The Morgan fingerprint density at radius 3 is 1.36 bits per heavy atom. The van der Waals surface area contributed by atoms with E-state index in [1.807, 2.05) is 23.5 Å². The van der Waals surface area contributed by atoms with E-state index in [1.165, 1.54) is 0 Å². The van der Waals surface area contributed by atoms with E-state index in [9.17, 15) is 19.2 Å². The second-order valence-corrected chi connectivity index (χ2v) is 16.9. The lowest BCUT2D eigenvalue weighted by molar-refractivity contribution is -0.122. The highest BCUT2D eigenvalue weighted by molar-refractivity contribution is 8.00. The second kappa shape index (κ2) is 24.5. The zero-order valence-electron chi connectivity index (χ0n) is 31.3. The quantitative estimate of drug-likeness (QED) is 0.0528. The molecule has 0 radical (unpaired) electrons. The number of amides is 4. The van der Waals surface area contributed by atoms with Crippen molar-refractivity contribution in [3.05, 3.63) is 0 Å². The normalized spacial score (nSPS) is 24.0. The molecule has 0 spiro atoms. The van der Waals surface area contributed by atoms with Gasteiger partial charge in [0.25, 0.3) is 0 Å². The number of thioether (sulfide) groups is 2. The number of rotatable bonds is 28. The zero-order chi connectivity index (χ0) is 37.7. The van der Waals surface area contributed by atoms with E-state index in [1.54, 1.807) is 0 Å². The summed E-state index contributed by atoms with van der Waals surface area (Å²) >= 11 is 3.90. The number of hydrogen-bond acceptors (Lipinski definition) is 13. The highest BCUT2D eigenvalue weighted by Gasteiger charge is 2.41. The largest absolute Gasteiger partial charge is 0.378 e. The number of hydrogen-bond donors (Lipinski definition) is 8. The van der Waals surface area contributed by atoms with Crippen molar-refractivity contribution in [3.8, 4) is 0 Å². The van der Waals surface area contributed by atoms with Crippen LogP contribution in [0.5, 0.6) is 0 Å². The molecule has 300 valence electrons. The average molecular weight is 781 g/mol. The van der Waals surface area contributed by atoms with Gasteiger partial charge in [-0.15, -0.1) is 0 Å². The standard InChI is InChI=1S/C36H64N10O5S2/c37-35-43-25-23-52-27(33(25)45-35)11-5-7-15-29(47)39-17-9-1-3-13-31(49)41-19-21-51-22-20-42-32(50)14-4-2-10-18-40-30(48)16-8-6-12-28-34-26(24-53-28)44-36(38)46-34/h25-28,33-34H,1-24H2,(H,39,47)(H,40,48)(H,41,49)(H,42,50)(H3,37,43,45)(H3,38,44,46)/t25?,26?,27-,28?,33-,34-/m0/s1. The van der Waals surface area contributed by atoms with Crippen LogP contribution in [0.2, 0.25) is 0 Å². The van der Waals surface area contributed by atoms with E-state index in [4.69, 9.17) is 16.2 Å². The van der Waals surface area contributed by atoms with Gasteiger partial charge in [-0.3, -0.25) is 19.2 Å². The van der Waals surface area contributed by atoms with Gasteiger partial charge < -0.3 is 48.1 Å². The number of nitrogens with two attached hydrogens (primary N) is 2. The molecule has 4 aliphatic rings. The molecule has 0 aliphatic carbocycles. The summed E-state index contributed by atoms with van der Waals surface area (Å²) in [4.78, 5) is 57.5. The summed E-state index contributed by atoms with van der Waals surface area (Å²) in [6.07, 6.45) is 12.9. The molecule has 17 heteroatoms. The van der Waals surface area contributed by atoms with Crippen molar-refractivity contribution < 1.29 is 23.9 Å². The van der Waals surface area contributed by atoms with Gasteiger partial charge in [-0.05, 0) is 51.4 Å². The summed E-state index contributed by atoms with van der Waals surface area (Å²) < 4.78 is 5.52. The Morgan fingerprint density at radius 2 is 0.943 bits per heavy atom. The fourth-order valence-electron chi connectivity index (χ4n) is 7.12. The highest BCUT2D eigenvalue weighted by atomic mass is 32.2. The van der Waals surface area contributed by atoms with E-state index in [0.29, 0.717) is 99.6 Å². The SMILES string of the molecule is NC1=N[C@H]2C(CSC2CCCCC(=O)NCCCCCC(=O)NCCOCCNC(=O)CCCCCNC(=O)CCCC[C@@H]2SCC3NC(N)=N[C@@H]32)N1. The molecule has 10 N–H and O–H groups in total. The third-order valence-corrected chi connectivity index (χ3v) is 13.0. The van der Waals surface area contributed by atoms with Gasteiger partial charge in [0.2, 0.25) is 23.6 Å². The Hall–Kier alpha value is -2.92. The Bertz CT molecular complexity index is 1140. The van der Waals surface area contributed by atoms with Crippen molar-refractivity contribution in [1.29, 1.82) is 0 Å². The first-order chi connectivity index (χ1) is 25.8. The molecule has 3 unspecified atom stereocenters. The van der Waals surface area contributed by atoms with Crippen LogP contribution in [0.3, 0.4) is 0 Å². The van der Waals surface area contributed by atoms with Crippen LogP contribution in [-0.2, 0) is 23.9 Å². The molecule has 0 aromatic heterocycles. The number of nitrogens with zero attached hydrogens (tertiary/aromatic N) is 2. The summed E-state index contributed by atoms with van der Waals surface area (Å²) in [7, 11) is 0. The number of guanidine groups is 2. The fraction of sp³-hybridized carbons (Fsp3) is 0.833. The van der Waals surface area contributed by atoms with Gasteiger partial charge in [-0.2, -0.15) is 23.5 Å². The van der Waals surface area contributed by atoms with E-state index < -0.39 is 0 Å². The monoisotopic (exact) mass is 780 g/mol. The van der Waals surface area contributed by atoms with Crippen molar-refractivity contribution in [2.45, 2.75) is 137 Å². The molecule has 0 saturated carbocycles. The topological polar surface area (TPSA) is 226 Å². The van der Waals surface area contributed by atoms with Crippen LogP contribution in [-0.4, -0.2) is 121 Å². The number of nitrogens with one attached hydrogen (secondary N) is 6. The summed E-state index contributed by atoms with van der Waals surface area (Å²) in [6, 6.07) is 1.30. The molecular weight excluding hydrogens is 717 g/mol. The number of fused-ring (bicyclic) bond motifs is 2. The first kappa shape index (κ1) is 42.8. The van der Waals surface area contributed by atoms with Gasteiger partial charge in [-0.1, -0.05) is 25.7 Å². The van der Waals surface area contributed by atoms with Gasteiger partial charge in [-0.25, -0.2) is 9.98 Å². The summed E-state index contributed by atoms with van der Waals surface area (Å²) in [5, 5.41) is 19.2.